The molecule has 1 amide bonds. The molecule has 1 saturated carbocycles. The number of nitrogens with one attached hydrogen (secondary N) is 1. The summed E-state index contributed by atoms with van der Waals surface area (Å²) in [6.07, 6.45) is 8.47. The molecular formula is C20H27N3O2. The zero-order valence-corrected chi connectivity index (χ0v) is 14.8. The second kappa shape index (κ2) is 7.83. The van der Waals surface area contributed by atoms with Crippen LogP contribution < -0.4 is 5.32 Å². The standard InChI is InChI=1S/C20H27N3O2/c1-16-21-13-15-23(16)14-7-12-22-19(24)20(25,18-10-5-6-11-18)17-8-3-2-4-9-17/h2-4,8-9,13,15,18,25H,5-7,10-12,14H2,1H3,(H,22,24). The first-order chi connectivity index (χ1) is 12.1. The maximum absolute atomic E-state index is 12.9. The van der Waals surface area contributed by atoms with Gasteiger partial charge in [-0.25, -0.2) is 4.98 Å². The van der Waals surface area contributed by atoms with Gasteiger partial charge < -0.3 is 15.0 Å². The number of imidazole rings is 1. The molecular weight excluding hydrogens is 314 g/mol. The van der Waals surface area contributed by atoms with E-state index in [9.17, 15) is 9.90 Å². The highest BCUT2D eigenvalue weighted by Crippen LogP contribution is 2.40. The summed E-state index contributed by atoms with van der Waals surface area (Å²) >= 11 is 0. The SMILES string of the molecule is Cc1nccn1CCCNC(=O)C(O)(c1ccccc1)C1CCCC1. The van der Waals surface area contributed by atoms with Gasteiger partial charge in [0.05, 0.1) is 0 Å². The van der Waals surface area contributed by atoms with Crippen molar-refractivity contribution < 1.29 is 9.90 Å². The molecule has 3 rings (SSSR count). The second-order valence-corrected chi connectivity index (χ2v) is 6.89. The lowest BCUT2D eigenvalue weighted by atomic mass is 9.79. The van der Waals surface area contributed by atoms with Crippen LogP contribution in [0.1, 0.15) is 43.5 Å². The van der Waals surface area contributed by atoms with Crippen LogP contribution in [0.4, 0.5) is 0 Å². The highest BCUT2D eigenvalue weighted by Gasteiger charge is 2.46. The first-order valence-corrected chi connectivity index (χ1v) is 9.16. The van der Waals surface area contributed by atoms with E-state index in [0.29, 0.717) is 12.1 Å². The fourth-order valence-corrected chi connectivity index (χ4v) is 3.81. The van der Waals surface area contributed by atoms with Gasteiger partial charge in [0.15, 0.2) is 5.60 Å². The van der Waals surface area contributed by atoms with Crippen LogP contribution in [-0.4, -0.2) is 27.1 Å². The molecule has 1 aliphatic carbocycles. The predicted octanol–water partition coefficient (Wildman–Crippen LogP) is 2.78. The highest BCUT2D eigenvalue weighted by atomic mass is 16.3. The first-order valence-electron chi connectivity index (χ1n) is 9.16. The first kappa shape index (κ1) is 17.7. The van der Waals surface area contributed by atoms with Gasteiger partial charge in [0, 0.05) is 31.4 Å². The molecule has 2 N–H and O–H groups in total. The molecule has 1 heterocycles. The fraction of sp³-hybridized carbons (Fsp3) is 0.500. The Morgan fingerprint density at radius 3 is 2.68 bits per heavy atom. The molecule has 0 aliphatic heterocycles. The lowest BCUT2D eigenvalue weighted by Gasteiger charge is -2.33. The monoisotopic (exact) mass is 341 g/mol. The third-order valence-electron chi connectivity index (χ3n) is 5.29. The number of carbonyl (C=O) groups is 1. The Balaban J connectivity index is 1.64. The Hall–Kier alpha value is -2.14. The molecule has 5 nitrogen and oxygen atoms in total. The second-order valence-electron chi connectivity index (χ2n) is 6.89. The van der Waals surface area contributed by atoms with E-state index >= 15 is 0 Å². The normalized spacial score (nSPS) is 17.4. The summed E-state index contributed by atoms with van der Waals surface area (Å²) in [4.78, 5) is 17.1. The van der Waals surface area contributed by atoms with Crippen molar-refractivity contribution in [3.8, 4) is 0 Å². The van der Waals surface area contributed by atoms with Crippen LogP contribution in [0, 0.1) is 12.8 Å². The third-order valence-corrected chi connectivity index (χ3v) is 5.29. The van der Waals surface area contributed by atoms with E-state index < -0.39 is 5.60 Å². The number of aromatic nitrogens is 2. The van der Waals surface area contributed by atoms with E-state index in [1.807, 2.05) is 43.5 Å². The maximum Gasteiger partial charge on any atom is 0.256 e. The Labute approximate surface area is 149 Å². The van der Waals surface area contributed by atoms with Crippen molar-refractivity contribution in [1.82, 2.24) is 14.9 Å². The number of hydrogen-bond acceptors (Lipinski definition) is 3. The van der Waals surface area contributed by atoms with Crippen molar-refractivity contribution in [1.29, 1.82) is 0 Å². The molecule has 1 aliphatic rings. The molecule has 0 radical (unpaired) electrons. The van der Waals surface area contributed by atoms with Crippen LogP contribution in [0.15, 0.2) is 42.7 Å². The molecule has 1 atom stereocenters. The quantitative estimate of drug-likeness (QED) is 0.761. The number of amides is 1. The fourth-order valence-electron chi connectivity index (χ4n) is 3.81. The van der Waals surface area contributed by atoms with Gasteiger partial charge in [-0.05, 0) is 31.7 Å². The van der Waals surface area contributed by atoms with E-state index in [-0.39, 0.29) is 11.8 Å². The van der Waals surface area contributed by atoms with Crippen LogP contribution >= 0.6 is 0 Å². The molecule has 1 unspecified atom stereocenters. The van der Waals surface area contributed by atoms with Gasteiger partial charge in [-0.2, -0.15) is 0 Å². The molecule has 1 fully saturated rings. The Kier molecular flexibility index (Phi) is 5.53. The van der Waals surface area contributed by atoms with E-state index in [1.54, 1.807) is 6.20 Å². The van der Waals surface area contributed by atoms with Gasteiger partial charge in [-0.15, -0.1) is 0 Å². The zero-order valence-electron chi connectivity index (χ0n) is 14.8. The zero-order chi connectivity index (χ0) is 17.7. The van der Waals surface area contributed by atoms with Crippen molar-refractivity contribution in [3.05, 3.63) is 54.1 Å². The predicted molar refractivity (Wildman–Crippen MR) is 96.9 cm³/mol. The number of aliphatic hydroxyl groups is 1. The van der Waals surface area contributed by atoms with Crippen molar-refractivity contribution in [3.63, 3.8) is 0 Å². The number of benzene rings is 1. The topological polar surface area (TPSA) is 67.2 Å². The summed E-state index contributed by atoms with van der Waals surface area (Å²) in [5.74, 6) is 0.691. The van der Waals surface area contributed by atoms with Crippen LogP contribution in [0.5, 0.6) is 0 Å². The smallest absolute Gasteiger partial charge is 0.256 e. The Morgan fingerprint density at radius 1 is 1.32 bits per heavy atom. The van der Waals surface area contributed by atoms with Crippen LogP contribution in [0.25, 0.3) is 0 Å². The summed E-state index contributed by atoms with van der Waals surface area (Å²) in [6.45, 7) is 3.31. The van der Waals surface area contributed by atoms with Gasteiger partial charge in [0.25, 0.3) is 5.91 Å². The van der Waals surface area contributed by atoms with Gasteiger partial charge in [-0.3, -0.25) is 4.79 Å². The average Bonchev–Trinajstić information content (AvgIpc) is 3.31. The molecule has 0 bridgehead atoms. The van der Waals surface area contributed by atoms with Crippen LogP contribution in [0.2, 0.25) is 0 Å². The largest absolute Gasteiger partial charge is 0.375 e. The van der Waals surface area contributed by atoms with Gasteiger partial charge in [-0.1, -0.05) is 43.2 Å². The number of hydrogen-bond donors (Lipinski definition) is 2. The lowest BCUT2D eigenvalue weighted by molar-refractivity contribution is -0.147. The minimum atomic E-state index is -1.43. The Morgan fingerprint density at radius 2 is 2.04 bits per heavy atom. The minimum Gasteiger partial charge on any atom is -0.375 e. The maximum atomic E-state index is 12.9. The molecule has 25 heavy (non-hydrogen) atoms. The van der Waals surface area contributed by atoms with Crippen molar-refractivity contribution in [2.24, 2.45) is 5.92 Å². The average molecular weight is 341 g/mol. The number of carbonyl (C=O) groups excluding carboxylic acids is 1. The van der Waals surface area contributed by atoms with E-state index in [1.165, 1.54) is 0 Å². The summed E-state index contributed by atoms with van der Waals surface area (Å²) < 4.78 is 2.06. The number of nitrogens with zero attached hydrogens (tertiary/aromatic N) is 2. The summed E-state index contributed by atoms with van der Waals surface area (Å²) in [5, 5.41) is 14.3. The third kappa shape index (κ3) is 3.76. The molecule has 1 aromatic carbocycles. The van der Waals surface area contributed by atoms with E-state index in [2.05, 4.69) is 14.9 Å². The van der Waals surface area contributed by atoms with Gasteiger partial charge in [0.2, 0.25) is 0 Å². The van der Waals surface area contributed by atoms with E-state index in [4.69, 9.17) is 0 Å². The Bertz CT molecular complexity index is 692. The molecule has 0 spiro atoms. The van der Waals surface area contributed by atoms with Crippen molar-refractivity contribution in [2.45, 2.75) is 51.2 Å². The number of aryl methyl sites for hydroxylation is 2. The van der Waals surface area contributed by atoms with Gasteiger partial charge in [0.1, 0.15) is 5.82 Å². The summed E-state index contributed by atoms with van der Waals surface area (Å²) in [7, 11) is 0. The molecule has 5 heteroatoms. The van der Waals surface area contributed by atoms with Crippen molar-refractivity contribution in [2.75, 3.05) is 6.54 Å². The van der Waals surface area contributed by atoms with Crippen LogP contribution in [0.3, 0.4) is 0 Å². The molecule has 2 aromatic rings. The van der Waals surface area contributed by atoms with Crippen molar-refractivity contribution >= 4 is 5.91 Å². The summed E-state index contributed by atoms with van der Waals surface area (Å²) in [6, 6.07) is 9.37. The van der Waals surface area contributed by atoms with E-state index in [0.717, 1.165) is 44.5 Å². The molecule has 1 aromatic heterocycles. The lowest BCUT2D eigenvalue weighted by Crippen LogP contribution is -2.49. The van der Waals surface area contributed by atoms with Crippen LogP contribution in [-0.2, 0) is 16.9 Å². The van der Waals surface area contributed by atoms with Gasteiger partial charge >= 0.3 is 0 Å². The summed E-state index contributed by atoms with van der Waals surface area (Å²) in [5.41, 5.74) is -0.729. The number of rotatable bonds is 7. The molecule has 0 saturated heterocycles. The highest BCUT2D eigenvalue weighted by molar-refractivity contribution is 5.86. The minimum absolute atomic E-state index is 0.00852. The molecule has 134 valence electrons.